The number of nitrogens with zero attached hydrogens (tertiary/aromatic N) is 2. The molecule has 138 valence electrons. The number of morpholine rings is 1. The van der Waals surface area contributed by atoms with Crippen molar-refractivity contribution < 1.29 is 14.3 Å². The van der Waals surface area contributed by atoms with Crippen LogP contribution < -0.4 is 4.74 Å². The molecule has 0 saturated carbocycles. The number of hydrogen-bond acceptors (Lipinski definition) is 4. The van der Waals surface area contributed by atoms with Crippen LogP contribution in [0.25, 0.3) is 0 Å². The molecule has 1 aromatic carbocycles. The third-order valence-electron chi connectivity index (χ3n) is 4.47. The minimum Gasteiger partial charge on any atom is -0.494 e. The molecule has 1 aliphatic heterocycles. The Labute approximate surface area is 151 Å². The molecule has 0 spiro atoms. The Morgan fingerprint density at radius 2 is 2.12 bits per heavy atom. The van der Waals surface area contributed by atoms with E-state index in [-0.39, 0.29) is 11.9 Å². The molecule has 5 nitrogen and oxygen atoms in total. The first-order chi connectivity index (χ1) is 12.2. The van der Waals surface area contributed by atoms with Gasteiger partial charge in [0, 0.05) is 44.2 Å². The normalized spacial score (nSPS) is 16.2. The van der Waals surface area contributed by atoms with E-state index in [4.69, 9.17) is 9.47 Å². The number of carbonyl (C=O) groups is 1. The monoisotopic (exact) mass is 346 g/mol. The van der Waals surface area contributed by atoms with E-state index in [1.165, 1.54) is 0 Å². The zero-order chi connectivity index (χ0) is 18.1. The highest BCUT2D eigenvalue weighted by Crippen LogP contribution is 2.21. The zero-order valence-electron chi connectivity index (χ0n) is 15.4. The van der Waals surface area contributed by atoms with Gasteiger partial charge in [0.05, 0.1) is 19.8 Å². The largest absolute Gasteiger partial charge is 0.494 e. The number of amides is 1. The van der Waals surface area contributed by atoms with Crippen LogP contribution in [0.4, 0.5) is 0 Å². The van der Waals surface area contributed by atoms with E-state index in [1.54, 1.807) is 6.08 Å². The Morgan fingerprint density at radius 1 is 1.40 bits per heavy atom. The smallest absolute Gasteiger partial charge is 0.224 e. The summed E-state index contributed by atoms with van der Waals surface area (Å²) in [5.74, 6) is 0.985. The first-order valence-electron chi connectivity index (χ1n) is 9.06. The molecule has 1 atom stereocenters. The molecule has 1 aliphatic rings. The molecule has 0 unspecified atom stereocenters. The van der Waals surface area contributed by atoms with Crippen molar-refractivity contribution in [3.8, 4) is 5.75 Å². The molecule has 1 heterocycles. The van der Waals surface area contributed by atoms with Gasteiger partial charge in [-0.05, 0) is 19.9 Å². The molecule has 0 aromatic heterocycles. The molecular weight excluding hydrogens is 316 g/mol. The average molecular weight is 346 g/mol. The lowest BCUT2D eigenvalue weighted by Crippen LogP contribution is -2.44. The minimum absolute atomic E-state index is 0.144. The molecule has 0 radical (unpaired) electrons. The lowest BCUT2D eigenvalue weighted by Gasteiger charge is -2.33. The molecule has 0 bridgehead atoms. The molecule has 5 heteroatoms. The lowest BCUT2D eigenvalue weighted by molar-refractivity contribution is -0.132. The Kier molecular flexibility index (Phi) is 7.95. The standard InChI is InChI=1S/C20H30N2O3/c1-4-10-22(16-18-8-6-7-9-19(18)25-5-2)20(23)15-17(3)21-11-13-24-14-12-21/h4,6-9,17H,1,5,10-16H2,2-3H3/t17-/m0/s1. The van der Waals surface area contributed by atoms with Crippen LogP contribution in [0, 0.1) is 0 Å². The Bertz CT molecular complexity index is 556. The maximum Gasteiger partial charge on any atom is 0.224 e. The third-order valence-corrected chi connectivity index (χ3v) is 4.47. The van der Waals surface area contributed by atoms with Gasteiger partial charge in [-0.2, -0.15) is 0 Å². The molecule has 25 heavy (non-hydrogen) atoms. The number of rotatable bonds is 9. The van der Waals surface area contributed by atoms with Crippen molar-refractivity contribution in [2.75, 3.05) is 39.5 Å². The van der Waals surface area contributed by atoms with Gasteiger partial charge in [-0.25, -0.2) is 0 Å². The Balaban J connectivity index is 2.01. The van der Waals surface area contributed by atoms with Gasteiger partial charge in [-0.15, -0.1) is 6.58 Å². The van der Waals surface area contributed by atoms with Crippen molar-refractivity contribution >= 4 is 5.91 Å². The van der Waals surface area contributed by atoms with Gasteiger partial charge in [0.25, 0.3) is 0 Å². The summed E-state index contributed by atoms with van der Waals surface area (Å²) in [7, 11) is 0. The van der Waals surface area contributed by atoms with Crippen molar-refractivity contribution in [3.05, 3.63) is 42.5 Å². The quantitative estimate of drug-likeness (QED) is 0.645. The fraction of sp³-hybridized carbons (Fsp3) is 0.550. The molecule has 2 rings (SSSR count). The van der Waals surface area contributed by atoms with Crippen LogP contribution in [-0.2, 0) is 16.1 Å². The molecule has 1 aromatic rings. The summed E-state index contributed by atoms with van der Waals surface area (Å²) in [5, 5.41) is 0. The highest BCUT2D eigenvalue weighted by atomic mass is 16.5. The van der Waals surface area contributed by atoms with E-state index in [2.05, 4.69) is 18.4 Å². The van der Waals surface area contributed by atoms with Gasteiger partial charge in [0.15, 0.2) is 0 Å². The fourth-order valence-electron chi connectivity index (χ4n) is 3.08. The van der Waals surface area contributed by atoms with E-state index in [0.717, 1.165) is 37.6 Å². The van der Waals surface area contributed by atoms with Crippen LogP contribution in [0.2, 0.25) is 0 Å². The molecule has 1 fully saturated rings. The summed E-state index contributed by atoms with van der Waals surface area (Å²) >= 11 is 0. The highest BCUT2D eigenvalue weighted by Gasteiger charge is 2.22. The van der Waals surface area contributed by atoms with Gasteiger partial charge < -0.3 is 14.4 Å². The fourth-order valence-corrected chi connectivity index (χ4v) is 3.08. The van der Waals surface area contributed by atoms with Crippen LogP contribution in [0.5, 0.6) is 5.75 Å². The van der Waals surface area contributed by atoms with Gasteiger partial charge in [0.2, 0.25) is 5.91 Å². The summed E-state index contributed by atoms with van der Waals surface area (Å²) < 4.78 is 11.1. The number of para-hydroxylation sites is 1. The second-order valence-electron chi connectivity index (χ2n) is 6.31. The Hall–Kier alpha value is -1.85. The van der Waals surface area contributed by atoms with Crippen molar-refractivity contribution in [2.45, 2.75) is 32.9 Å². The molecule has 0 N–H and O–H groups in total. The van der Waals surface area contributed by atoms with E-state index >= 15 is 0 Å². The predicted molar refractivity (Wildman–Crippen MR) is 99.7 cm³/mol. The molecular formula is C20H30N2O3. The maximum atomic E-state index is 12.8. The van der Waals surface area contributed by atoms with Gasteiger partial charge in [-0.3, -0.25) is 9.69 Å². The van der Waals surface area contributed by atoms with Crippen LogP contribution >= 0.6 is 0 Å². The minimum atomic E-state index is 0.144. The number of ether oxygens (including phenoxy) is 2. The molecule has 1 saturated heterocycles. The second-order valence-corrected chi connectivity index (χ2v) is 6.31. The predicted octanol–water partition coefficient (Wildman–Crippen LogP) is 2.71. The van der Waals surface area contributed by atoms with Crippen molar-refractivity contribution in [3.63, 3.8) is 0 Å². The van der Waals surface area contributed by atoms with E-state index in [0.29, 0.717) is 26.1 Å². The lowest BCUT2D eigenvalue weighted by atomic mass is 10.1. The van der Waals surface area contributed by atoms with Gasteiger partial charge in [0.1, 0.15) is 5.75 Å². The number of carbonyl (C=O) groups excluding carboxylic acids is 1. The summed E-state index contributed by atoms with van der Waals surface area (Å²) in [4.78, 5) is 17.0. The average Bonchev–Trinajstić information content (AvgIpc) is 2.63. The first kappa shape index (κ1) is 19.5. The van der Waals surface area contributed by atoms with Gasteiger partial charge >= 0.3 is 0 Å². The SMILES string of the molecule is C=CCN(Cc1ccccc1OCC)C(=O)C[C@H](C)N1CCOCC1. The summed E-state index contributed by atoms with van der Waals surface area (Å²) in [6, 6.07) is 8.11. The van der Waals surface area contributed by atoms with Crippen molar-refractivity contribution in [1.29, 1.82) is 0 Å². The third kappa shape index (κ3) is 5.87. The number of benzene rings is 1. The maximum absolute atomic E-state index is 12.8. The highest BCUT2D eigenvalue weighted by molar-refractivity contribution is 5.77. The van der Waals surface area contributed by atoms with E-state index < -0.39 is 0 Å². The van der Waals surface area contributed by atoms with Crippen LogP contribution in [0.15, 0.2) is 36.9 Å². The van der Waals surface area contributed by atoms with E-state index in [9.17, 15) is 4.79 Å². The second kappa shape index (κ2) is 10.2. The van der Waals surface area contributed by atoms with Crippen LogP contribution in [0.1, 0.15) is 25.8 Å². The number of hydrogen-bond donors (Lipinski definition) is 0. The Morgan fingerprint density at radius 3 is 2.80 bits per heavy atom. The summed E-state index contributed by atoms with van der Waals surface area (Å²) in [6.07, 6.45) is 2.28. The zero-order valence-corrected chi connectivity index (χ0v) is 15.4. The molecule has 1 amide bonds. The summed E-state index contributed by atoms with van der Waals surface area (Å²) in [5.41, 5.74) is 1.03. The van der Waals surface area contributed by atoms with Gasteiger partial charge in [-0.1, -0.05) is 24.3 Å². The van der Waals surface area contributed by atoms with Crippen LogP contribution in [-0.4, -0.2) is 61.2 Å². The summed E-state index contributed by atoms with van der Waals surface area (Å²) in [6.45, 7) is 12.8. The van der Waals surface area contributed by atoms with Crippen LogP contribution in [0.3, 0.4) is 0 Å². The van der Waals surface area contributed by atoms with E-state index in [1.807, 2.05) is 36.1 Å². The van der Waals surface area contributed by atoms with Crippen molar-refractivity contribution in [1.82, 2.24) is 9.80 Å². The molecule has 0 aliphatic carbocycles. The topological polar surface area (TPSA) is 42.0 Å². The van der Waals surface area contributed by atoms with Crippen molar-refractivity contribution in [2.24, 2.45) is 0 Å². The first-order valence-corrected chi connectivity index (χ1v) is 9.06.